The van der Waals surface area contributed by atoms with E-state index in [4.69, 9.17) is 16.6 Å². The van der Waals surface area contributed by atoms with Gasteiger partial charge in [0.1, 0.15) is 5.01 Å². The van der Waals surface area contributed by atoms with Gasteiger partial charge in [-0.3, -0.25) is 0 Å². The summed E-state index contributed by atoms with van der Waals surface area (Å²) in [4.78, 5) is 6.04. The molecule has 0 saturated carbocycles. The normalized spacial score (nSPS) is 12.7. The van der Waals surface area contributed by atoms with Crippen LogP contribution in [0.1, 0.15) is 34.1 Å². The third-order valence-electron chi connectivity index (χ3n) is 3.05. The van der Waals surface area contributed by atoms with Gasteiger partial charge in [0.2, 0.25) is 0 Å². The Hall–Kier alpha value is -0.420. The summed E-state index contributed by atoms with van der Waals surface area (Å²) in [6, 6.07) is 5.96. The average molecular weight is 360 g/mol. The maximum atomic E-state index is 6.00. The Morgan fingerprint density at radius 3 is 2.74 bits per heavy atom. The molecule has 1 aromatic heterocycles. The summed E-state index contributed by atoms with van der Waals surface area (Å²) in [5, 5.41) is 5.16. The second kappa shape index (κ2) is 6.35. The van der Waals surface area contributed by atoms with E-state index in [0.717, 1.165) is 26.5 Å². The Morgan fingerprint density at radius 2 is 2.21 bits per heavy atom. The number of nitrogens with one attached hydrogen (secondary N) is 1. The number of halogens is 2. The van der Waals surface area contributed by atoms with Crippen LogP contribution in [0.25, 0.3) is 0 Å². The van der Waals surface area contributed by atoms with Gasteiger partial charge in [0.15, 0.2) is 0 Å². The molecule has 1 atom stereocenters. The lowest BCUT2D eigenvalue weighted by Gasteiger charge is -2.16. The number of hydrogen-bond donors (Lipinski definition) is 1. The molecule has 2 nitrogen and oxygen atoms in total. The van der Waals surface area contributed by atoms with Gasteiger partial charge in [0, 0.05) is 14.4 Å². The van der Waals surface area contributed by atoms with E-state index in [2.05, 4.69) is 35.1 Å². The van der Waals surface area contributed by atoms with E-state index >= 15 is 0 Å². The van der Waals surface area contributed by atoms with E-state index in [9.17, 15) is 0 Å². The Balaban J connectivity index is 2.43. The van der Waals surface area contributed by atoms with Crippen LogP contribution >= 0.6 is 38.9 Å². The van der Waals surface area contributed by atoms with E-state index in [1.165, 1.54) is 10.6 Å². The van der Waals surface area contributed by atoms with Gasteiger partial charge in [-0.05, 0) is 38.1 Å². The van der Waals surface area contributed by atoms with Crippen LogP contribution in [-0.4, -0.2) is 12.0 Å². The van der Waals surface area contributed by atoms with Crippen molar-refractivity contribution in [1.82, 2.24) is 10.3 Å². The zero-order valence-electron chi connectivity index (χ0n) is 11.1. The second-order valence-electron chi connectivity index (χ2n) is 4.30. The molecule has 5 heteroatoms. The highest BCUT2D eigenvalue weighted by Gasteiger charge is 2.19. The molecule has 0 amide bonds. The maximum absolute atomic E-state index is 6.00. The predicted octanol–water partition coefficient (Wildman–Crippen LogP) is 4.74. The van der Waals surface area contributed by atoms with Gasteiger partial charge in [-0.15, -0.1) is 11.3 Å². The van der Waals surface area contributed by atoms with Crippen molar-refractivity contribution in [3.05, 3.63) is 48.8 Å². The van der Waals surface area contributed by atoms with Gasteiger partial charge < -0.3 is 5.32 Å². The SMILES string of the molecule is CCc1nc(C(NC)c2ccc(Cl)cc2Br)sc1C. The fourth-order valence-electron chi connectivity index (χ4n) is 2.05. The molecule has 0 saturated heterocycles. The molecule has 0 aliphatic carbocycles. The molecule has 0 radical (unpaired) electrons. The number of aromatic nitrogens is 1. The van der Waals surface area contributed by atoms with Gasteiger partial charge in [-0.25, -0.2) is 4.98 Å². The van der Waals surface area contributed by atoms with Crippen molar-refractivity contribution < 1.29 is 0 Å². The molecule has 19 heavy (non-hydrogen) atoms. The molecule has 0 bridgehead atoms. The third kappa shape index (κ3) is 3.19. The summed E-state index contributed by atoms with van der Waals surface area (Å²) >= 11 is 11.3. The molecule has 1 unspecified atom stereocenters. The molecule has 2 rings (SSSR count). The summed E-state index contributed by atoms with van der Waals surface area (Å²) in [6.07, 6.45) is 0.973. The quantitative estimate of drug-likeness (QED) is 0.853. The van der Waals surface area contributed by atoms with Gasteiger partial charge in [0.05, 0.1) is 11.7 Å². The first-order chi connectivity index (χ1) is 9.06. The smallest absolute Gasteiger partial charge is 0.115 e. The number of nitrogens with zero attached hydrogens (tertiary/aromatic N) is 1. The zero-order valence-corrected chi connectivity index (χ0v) is 14.3. The van der Waals surface area contributed by atoms with Crippen LogP contribution in [0.4, 0.5) is 0 Å². The summed E-state index contributed by atoms with van der Waals surface area (Å²) in [7, 11) is 1.95. The van der Waals surface area contributed by atoms with Gasteiger partial charge in [-0.1, -0.05) is 40.5 Å². The van der Waals surface area contributed by atoms with Crippen LogP contribution in [0.3, 0.4) is 0 Å². The first-order valence-corrected chi connectivity index (χ1v) is 8.14. The van der Waals surface area contributed by atoms with Crippen molar-refractivity contribution in [3.8, 4) is 0 Å². The minimum Gasteiger partial charge on any atom is -0.307 e. The molecule has 0 aliphatic heterocycles. The highest BCUT2D eigenvalue weighted by Crippen LogP contribution is 2.33. The van der Waals surface area contributed by atoms with E-state index in [-0.39, 0.29) is 6.04 Å². The fraction of sp³-hybridized carbons (Fsp3) is 0.357. The van der Waals surface area contributed by atoms with Crippen LogP contribution in [-0.2, 0) is 6.42 Å². The lowest BCUT2D eigenvalue weighted by molar-refractivity contribution is 0.680. The van der Waals surface area contributed by atoms with E-state index in [1.807, 2.05) is 25.2 Å². The van der Waals surface area contributed by atoms with Crippen molar-refractivity contribution in [1.29, 1.82) is 0 Å². The van der Waals surface area contributed by atoms with E-state index in [1.54, 1.807) is 11.3 Å². The monoisotopic (exact) mass is 358 g/mol. The molecule has 1 N–H and O–H groups in total. The van der Waals surface area contributed by atoms with Crippen LogP contribution in [0, 0.1) is 6.92 Å². The molecule has 102 valence electrons. The average Bonchev–Trinajstić information content (AvgIpc) is 2.74. The number of benzene rings is 1. The van der Waals surface area contributed by atoms with Crippen molar-refractivity contribution in [3.63, 3.8) is 0 Å². The summed E-state index contributed by atoms with van der Waals surface area (Å²) in [6.45, 7) is 4.27. The number of rotatable bonds is 4. The standard InChI is InChI=1S/C14H16BrClN2S/c1-4-12-8(2)19-14(18-12)13(17-3)10-6-5-9(16)7-11(10)15/h5-7,13,17H,4H2,1-3H3. The Bertz CT molecular complexity index is 583. The molecule has 0 aliphatic rings. The van der Waals surface area contributed by atoms with Crippen molar-refractivity contribution in [2.45, 2.75) is 26.3 Å². The zero-order chi connectivity index (χ0) is 14.0. The number of thiazole rings is 1. The molecule has 2 aromatic rings. The predicted molar refractivity (Wildman–Crippen MR) is 86.3 cm³/mol. The first kappa shape index (κ1) is 15.0. The molecular formula is C14H16BrClN2S. The highest BCUT2D eigenvalue weighted by molar-refractivity contribution is 9.10. The van der Waals surface area contributed by atoms with E-state index in [0.29, 0.717) is 0 Å². The molecule has 1 aromatic carbocycles. The van der Waals surface area contributed by atoms with Crippen LogP contribution < -0.4 is 5.32 Å². The topological polar surface area (TPSA) is 24.9 Å². The minimum absolute atomic E-state index is 0.0932. The fourth-order valence-corrected chi connectivity index (χ4v) is 4.10. The van der Waals surface area contributed by atoms with Crippen molar-refractivity contribution >= 4 is 38.9 Å². The second-order valence-corrected chi connectivity index (χ2v) is 6.82. The van der Waals surface area contributed by atoms with Crippen molar-refractivity contribution in [2.24, 2.45) is 0 Å². The van der Waals surface area contributed by atoms with Crippen LogP contribution in [0.5, 0.6) is 0 Å². The first-order valence-electron chi connectivity index (χ1n) is 6.15. The summed E-state index contributed by atoms with van der Waals surface area (Å²) in [5.41, 5.74) is 2.34. The largest absolute Gasteiger partial charge is 0.307 e. The third-order valence-corrected chi connectivity index (χ3v) is 5.05. The van der Waals surface area contributed by atoms with Crippen LogP contribution in [0.15, 0.2) is 22.7 Å². The summed E-state index contributed by atoms with van der Waals surface area (Å²) < 4.78 is 1.00. The van der Waals surface area contributed by atoms with Gasteiger partial charge in [-0.2, -0.15) is 0 Å². The molecular weight excluding hydrogens is 344 g/mol. The van der Waals surface area contributed by atoms with Gasteiger partial charge >= 0.3 is 0 Å². The van der Waals surface area contributed by atoms with E-state index < -0.39 is 0 Å². The van der Waals surface area contributed by atoms with Crippen molar-refractivity contribution in [2.75, 3.05) is 7.05 Å². The molecule has 1 heterocycles. The Morgan fingerprint density at radius 1 is 1.47 bits per heavy atom. The molecule has 0 fully saturated rings. The maximum Gasteiger partial charge on any atom is 0.115 e. The number of aryl methyl sites for hydroxylation is 2. The highest BCUT2D eigenvalue weighted by atomic mass is 79.9. The molecule has 0 spiro atoms. The minimum atomic E-state index is 0.0932. The lowest BCUT2D eigenvalue weighted by atomic mass is 10.1. The Kier molecular flexibility index (Phi) is 5.01. The number of hydrogen-bond acceptors (Lipinski definition) is 3. The van der Waals surface area contributed by atoms with Crippen LogP contribution in [0.2, 0.25) is 5.02 Å². The summed E-state index contributed by atoms with van der Waals surface area (Å²) in [5.74, 6) is 0. The van der Waals surface area contributed by atoms with Gasteiger partial charge in [0.25, 0.3) is 0 Å². The lowest BCUT2D eigenvalue weighted by Crippen LogP contribution is -2.18. The Labute approximate surface area is 131 Å².